The van der Waals surface area contributed by atoms with Gasteiger partial charge >= 0.3 is 5.97 Å². The minimum absolute atomic E-state index is 0.00269. The number of carboxylic acids is 1. The topological polar surface area (TPSA) is 66.4 Å². The van der Waals surface area contributed by atoms with Crippen molar-refractivity contribution in [3.63, 3.8) is 0 Å². The first-order chi connectivity index (χ1) is 8.08. The fourth-order valence-electron chi connectivity index (χ4n) is 2.19. The summed E-state index contributed by atoms with van der Waals surface area (Å²) in [5.74, 6) is -1.14. The van der Waals surface area contributed by atoms with E-state index < -0.39 is 5.97 Å². The maximum Gasteiger partial charge on any atom is 0.306 e. The molecule has 2 rings (SSSR count). The summed E-state index contributed by atoms with van der Waals surface area (Å²) in [6.45, 7) is 1.90. The van der Waals surface area contributed by atoms with Crippen LogP contribution in [0.3, 0.4) is 0 Å². The highest BCUT2D eigenvalue weighted by Gasteiger charge is 2.30. The van der Waals surface area contributed by atoms with E-state index in [0.717, 1.165) is 12.0 Å². The Kier molecular flexibility index (Phi) is 3.47. The summed E-state index contributed by atoms with van der Waals surface area (Å²) in [5, 5.41) is 15.6. The van der Waals surface area contributed by atoms with E-state index in [4.69, 9.17) is 5.11 Å². The molecule has 1 aliphatic carbocycles. The molecule has 1 aliphatic rings. The molecule has 0 radical (unpaired) electrons. The van der Waals surface area contributed by atoms with Crippen LogP contribution in [0.5, 0.6) is 0 Å². The number of thiophene rings is 1. The molecule has 1 amide bonds. The average Bonchev–Trinajstić information content (AvgIpc) is 2.86. The first-order valence-electron chi connectivity index (χ1n) is 5.64. The summed E-state index contributed by atoms with van der Waals surface area (Å²) in [6, 6.07) is 0.00269. The normalized spacial score (nSPS) is 23.6. The van der Waals surface area contributed by atoms with E-state index in [-0.39, 0.29) is 17.9 Å². The fourth-order valence-corrected chi connectivity index (χ4v) is 3.02. The van der Waals surface area contributed by atoms with Crippen LogP contribution in [0.25, 0.3) is 0 Å². The van der Waals surface area contributed by atoms with E-state index in [0.29, 0.717) is 18.4 Å². The van der Waals surface area contributed by atoms with Crippen LogP contribution in [0.4, 0.5) is 0 Å². The molecule has 0 aromatic carbocycles. The average molecular weight is 253 g/mol. The number of carboxylic acid groups (broad SMARTS) is 1. The summed E-state index contributed by atoms with van der Waals surface area (Å²) in [5.41, 5.74) is 1.68. The van der Waals surface area contributed by atoms with Gasteiger partial charge < -0.3 is 10.4 Å². The summed E-state index contributed by atoms with van der Waals surface area (Å²) < 4.78 is 0. The molecule has 0 bridgehead atoms. The van der Waals surface area contributed by atoms with Crippen molar-refractivity contribution < 1.29 is 14.7 Å². The Morgan fingerprint density at radius 3 is 2.71 bits per heavy atom. The molecule has 4 nitrogen and oxygen atoms in total. The van der Waals surface area contributed by atoms with Gasteiger partial charge in [0, 0.05) is 11.4 Å². The van der Waals surface area contributed by atoms with Gasteiger partial charge in [0.15, 0.2) is 0 Å². The number of nitrogens with one attached hydrogen (secondary N) is 1. The lowest BCUT2D eigenvalue weighted by molar-refractivity contribution is -0.141. The molecular formula is C12H15NO3S. The lowest BCUT2D eigenvalue weighted by Crippen LogP contribution is -2.33. The third kappa shape index (κ3) is 2.66. The van der Waals surface area contributed by atoms with E-state index in [1.165, 1.54) is 11.3 Å². The van der Waals surface area contributed by atoms with Crippen LogP contribution >= 0.6 is 11.3 Å². The number of amides is 1. The second-order valence-electron chi connectivity index (χ2n) is 4.49. The molecule has 0 aliphatic heterocycles. The standard InChI is InChI=1S/C12H15NO3S/c1-7-5-17-6-10(7)11(14)13-9-3-2-8(4-9)12(15)16/h5-6,8-9H,2-4H2,1H3,(H,13,14)(H,15,16)/t8-,9+/m0/s1. The minimum Gasteiger partial charge on any atom is -0.481 e. The number of hydrogen-bond acceptors (Lipinski definition) is 3. The molecule has 0 saturated heterocycles. The number of aryl methyl sites for hydroxylation is 1. The van der Waals surface area contributed by atoms with E-state index in [1.54, 1.807) is 0 Å². The molecule has 2 atom stereocenters. The third-order valence-corrected chi connectivity index (χ3v) is 4.08. The molecule has 1 aromatic heterocycles. The zero-order valence-corrected chi connectivity index (χ0v) is 10.4. The molecule has 1 saturated carbocycles. The zero-order valence-electron chi connectivity index (χ0n) is 9.60. The van der Waals surface area contributed by atoms with Gasteiger partial charge in [-0.1, -0.05) is 0 Å². The van der Waals surface area contributed by atoms with E-state index in [9.17, 15) is 9.59 Å². The molecule has 92 valence electrons. The first-order valence-corrected chi connectivity index (χ1v) is 6.58. The van der Waals surface area contributed by atoms with Gasteiger partial charge in [0.25, 0.3) is 5.91 Å². The third-order valence-electron chi connectivity index (χ3n) is 3.22. The second kappa shape index (κ2) is 4.87. The van der Waals surface area contributed by atoms with Crippen molar-refractivity contribution in [2.45, 2.75) is 32.2 Å². The summed E-state index contributed by atoms with van der Waals surface area (Å²) in [6.07, 6.45) is 1.96. The highest BCUT2D eigenvalue weighted by molar-refractivity contribution is 7.08. The van der Waals surface area contributed by atoms with Gasteiger partial charge in [0.2, 0.25) is 0 Å². The highest BCUT2D eigenvalue weighted by atomic mass is 32.1. The Bertz CT molecular complexity index is 441. The van der Waals surface area contributed by atoms with Crippen molar-refractivity contribution in [2.24, 2.45) is 5.92 Å². The molecule has 5 heteroatoms. The molecular weight excluding hydrogens is 238 g/mol. The predicted molar refractivity (Wildman–Crippen MR) is 65.3 cm³/mol. The second-order valence-corrected chi connectivity index (χ2v) is 5.23. The van der Waals surface area contributed by atoms with Crippen molar-refractivity contribution in [3.8, 4) is 0 Å². The van der Waals surface area contributed by atoms with Crippen molar-refractivity contribution in [3.05, 3.63) is 21.9 Å². The quantitative estimate of drug-likeness (QED) is 0.866. The van der Waals surface area contributed by atoms with Crippen LogP contribution in [0.1, 0.15) is 35.2 Å². The smallest absolute Gasteiger partial charge is 0.306 e. The monoisotopic (exact) mass is 253 g/mol. The Balaban J connectivity index is 1.93. The van der Waals surface area contributed by atoms with Gasteiger partial charge in [0.05, 0.1) is 11.5 Å². The van der Waals surface area contributed by atoms with Crippen LogP contribution in [-0.4, -0.2) is 23.0 Å². The number of carbonyl (C=O) groups is 2. The minimum atomic E-state index is -0.756. The largest absolute Gasteiger partial charge is 0.481 e. The molecule has 17 heavy (non-hydrogen) atoms. The fraction of sp³-hybridized carbons (Fsp3) is 0.500. The maximum absolute atomic E-state index is 11.9. The number of hydrogen-bond donors (Lipinski definition) is 2. The van der Waals surface area contributed by atoms with Crippen molar-refractivity contribution in [1.29, 1.82) is 0 Å². The molecule has 1 fully saturated rings. The van der Waals surface area contributed by atoms with Crippen LogP contribution in [0, 0.1) is 12.8 Å². The SMILES string of the molecule is Cc1cscc1C(=O)N[C@@H]1CC[C@H](C(=O)O)C1. The molecule has 0 unspecified atom stereocenters. The van der Waals surface area contributed by atoms with Gasteiger partial charge in [0.1, 0.15) is 0 Å². The van der Waals surface area contributed by atoms with E-state index in [1.807, 2.05) is 17.7 Å². The first kappa shape index (κ1) is 12.1. The number of carbonyl (C=O) groups excluding carboxylic acids is 1. The van der Waals surface area contributed by atoms with Gasteiger partial charge in [-0.15, -0.1) is 0 Å². The van der Waals surface area contributed by atoms with Crippen molar-refractivity contribution in [1.82, 2.24) is 5.32 Å². The van der Waals surface area contributed by atoms with E-state index in [2.05, 4.69) is 5.32 Å². The Morgan fingerprint density at radius 1 is 1.41 bits per heavy atom. The van der Waals surface area contributed by atoms with Crippen LogP contribution in [0.15, 0.2) is 10.8 Å². The van der Waals surface area contributed by atoms with Crippen LogP contribution in [0.2, 0.25) is 0 Å². The maximum atomic E-state index is 11.9. The number of rotatable bonds is 3. The van der Waals surface area contributed by atoms with Crippen LogP contribution < -0.4 is 5.32 Å². The van der Waals surface area contributed by atoms with Gasteiger partial charge in [-0.2, -0.15) is 11.3 Å². The molecule has 1 aromatic rings. The zero-order chi connectivity index (χ0) is 12.4. The van der Waals surface area contributed by atoms with Gasteiger partial charge in [-0.05, 0) is 37.1 Å². The summed E-state index contributed by atoms with van der Waals surface area (Å²) in [4.78, 5) is 22.7. The highest BCUT2D eigenvalue weighted by Crippen LogP contribution is 2.26. The lowest BCUT2D eigenvalue weighted by atomic mass is 10.1. The summed E-state index contributed by atoms with van der Waals surface area (Å²) >= 11 is 1.50. The van der Waals surface area contributed by atoms with Crippen molar-refractivity contribution in [2.75, 3.05) is 0 Å². The molecule has 1 heterocycles. The summed E-state index contributed by atoms with van der Waals surface area (Å²) in [7, 11) is 0. The Hall–Kier alpha value is -1.36. The van der Waals surface area contributed by atoms with Crippen molar-refractivity contribution >= 4 is 23.2 Å². The van der Waals surface area contributed by atoms with Crippen LogP contribution in [-0.2, 0) is 4.79 Å². The predicted octanol–water partition coefficient (Wildman–Crippen LogP) is 2.04. The Labute approximate surface area is 104 Å². The van der Waals surface area contributed by atoms with Gasteiger partial charge in [-0.25, -0.2) is 0 Å². The Morgan fingerprint density at radius 2 is 2.18 bits per heavy atom. The molecule has 0 spiro atoms. The van der Waals surface area contributed by atoms with E-state index >= 15 is 0 Å². The van der Waals surface area contributed by atoms with Gasteiger partial charge in [-0.3, -0.25) is 9.59 Å². The number of aliphatic carboxylic acids is 1. The molecule has 2 N–H and O–H groups in total. The lowest BCUT2D eigenvalue weighted by Gasteiger charge is -2.12.